The molecule has 0 radical (unpaired) electrons. The van der Waals surface area contributed by atoms with Gasteiger partial charge in [0.1, 0.15) is 0 Å². The zero-order valence-electron chi connectivity index (χ0n) is 15.8. The molecule has 30 heavy (non-hydrogen) atoms. The second-order valence-corrected chi connectivity index (χ2v) is 7.13. The van der Waals surface area contributed by atoms with Crippen LogP contribution in [0.2, 0.25) is 10.0 Å². The van der Waals surface area contributed by atoms with Gasteiger partial charge in [-0.15, -0.1) is 0 Å². The van der Waals surface area contributed by atoms with Gasteiger partial charge in [-0.25, -0.2) is 4.68 Å². The Kier molecular flexibility index (Phi) is 7.26. The molecule has 156 valence electrons. The van der Waals surface area contributed by atoms with E-state index in [0.29, 0.717) is 33.7 Å². The van der Waals surface area contributed by atoms with Gasteiger partial charge in [0.25, 0.3) is 0 Å². The van der Waals surface area contributed by atoms with E-state index in [9.17, 15) is 9.59 Å². The van der Waals surface area contributed by atoms with Crippen molar-refractivity contribution in [2.45, 2.75) is 12.8 Å². The van der Waals surface area contributed by atoms with Gasteiger partial charge in [-0.05, 0) is 36.8 Å². The van der Waals surface area contributed by atoms with Crippen LogP contribution in [0.1, 0.15) is 12.8 Å². The molecular formula is C20H19Cl2N5O3. The SMILES string of the molecule is NC(=O)CNC(=O)CCCOc1cc(-c2cccnc2)nn1-c1ccc(Cl)c(Cl)c1. The summed E-state index contributed by atoms with van der Waals surface area (Å²) in [5.41, 5.74) is 7.17. The molecule has 8 nitrogen and oxygen atoms in total. The van der Waals surface area contributed by atoms with Crippen molar-refractivity contribution < 1.29 is 14.3 Å². The van der Waals surface area contributed by atoms with Crippen molar-refractivity contribution >= 4 is 35.0 Å². The van der Waals surface area contributed by atoms with Gasteiger partial charge < -0.3 is 15.8 Å². The molecule has 0 aliphatic rings. The van der Waals surface area contributed by atoms with Crippen LogP contribution in [-0.2, 0) is 9.59 Å². The number of carbonyl (C=O) groups excluding carboxylic acids is 2. The molecule has 0 fully saturated rings. The number of amides is 2. The van der Waals surface area contributed by atoms with Gasteiger partial charge in [0.15, 0.2) is 0 Å². The molecule has 0 aliphatic carbocycles. The molecule has 0 saturated carbocycles. The van der Waals surface area contributed by atoms with E-state index in [1.54, 1.807) is 41.3 Å². The first-order chi connectivity index (χ1) is 14.4. The first-order valence-electron chi connectivity index (χ1n) is 9.07. The fourth-order valence-electron chi connectivity index (χ4n) is 2.61. The van der Waals surface area contributed by atoms with Gasteiger partial charge in [0.2, 0.25) is 17.7 Å². The molecule has 0 bridgehead atoms. The van der Waals surface area contributed by atoms with Gasteiger partial charge in [-0.2, -0.15) is 5.10 Å². The summed E-state index contributed by atoms with van der Waals surface area (Å²) in [6, 6.07) is 10.6. The molecule has 2 heterocycles. The minimum absolute atomic E-state index is 0.182. The second-order valence-electron chi connectivity index (χ2n) is 6.31. The summed E-state index contributed by atoms with van der Waals surface area (Å²) in [7, 11) is 0. The number of halogens is 2. The molecule has 0 saturated heterocycles. The predicted octanol–water partition coefficient (Wildman–Crippen LogP) is 3.00. The smallest absolute Gasteiger partial charge is 0.236 e. The van der Waals surface area contributed by atoms with Crippen LogP contribution >= 0.6 is 23.2 Å². The number of carbonyl (C=O) groups is 2. The third-order valence-electron chi connectivity index (χ3n) is 4.04. The fourth-order valence-corrected chi connectivity index (χ4v) is 2.90. The van der Waals surface area contributed by atoms with E-state index in [1.165, 1.54) is 0 Å². The number of nitrogens with zero attached hydrogens (tertiary/aromatic N) is 3. The number of hydrogen-bond acceptors (Lipinski definition) is 5. The minimum atomic E-state index is -0.590. The highest BCUT2D eigenvalue weighted by molar-refractivity contribution is 6.42. The number of aromatic nitrogens is 3. The Morgan fingerprint density at radius 3 is 2.70 bits per heavy atom. The molecule has 0 spiro atoms. The van der Waals surface area contributed by atoms with Crippen LogP contribution in [-0.4, -0.2) is 39.7 Å². The lowest BCUT2D eigenvalue weighted by atomic mass is 10.2. The molecule has 3 N–H and O–H groups in total. The van der Waals surface area contributed by atoms with Crippen molar-refractivity contribution in [3.05, 3.63) is 58.8 Å². The highest BCUT2D eigenvalue weighted by Gasteiger charge is 2.14. The van der Waals surface area contributed by atoms with Crippen molar-refractivity contribution in [1.82, 2.24) is 20.1 Å². The van der Waals surface area contributed by atoms with E-state index in [4.69, 9.17) is 33.7 Å². The highest BCUT2D eigenvalue weighted by atomic mass is 35.5. The quantitative estimate of drug-likeness (QED) is 0.489. The lowest BCUT2D eigenvalue weighted by molar-refractivity contribution is -0.124. The van der Waals surface area contributed by atoms with Crippen molar-refractivity contribution in [2.75, 3.05) is 13.2 Å². The monoisotopic (exact) mass is 447 g/mol. The Balaban J connectivity index is 1.75. The fraction of sp³-hybridized carbons (Fsp3) is 0.200. The average Bonchev–Trinajstić information content (AvgIpc) is 3.16. The van der Waals surface area contributed by atoms with E-state index in [0.717, 1.165) is 5.56 Å². The molecule has 10 heteroatoms. The topological polar surface area (TPSA) is 112 Å². The molecule has 3 rings (SSSR count). The molecule has 2 amide bonds. The predicted molar refractivity (Wildman–Crippen MR) is 114 cm³/mol. The summed E-state index contributed by atoms with van der Waals surface area (Å²) in [5.74, 6) is -0.385. The number of rotatable bonds is 9. The third kappa shape index (κ3) is 5.71. The van der Waals surface area contributed by atoms with Crippen LogP contribution in [0.4, 0.5) is 0 Å². The lowest BCUT2D eigenvalue weighted by Gasteiger charge is -2.10. The number of pyridine rings is 1. The normalized spacial score (nSPS) is 10.6. The molecular weight excluding hydrogens is 429 g/mol. The third-order valence-corrected chi connectivity index (χ3v) is 4.78. The summed E-state index contributed by atoms with van der Waals surface area (Å²) in [5, 5.41) is 7.87. The average molecular weight is 448 g/mol. The first kappa shape index (κ1) is 21.6. The van der Waals surface area contributed by atoms with Crippen molar-refractivity contribution in [2.24, 2.45) is 5.73 Å². The van der Waals surface area contributed by atoms with Crippen LogP contribution in [0, 0.1) is 0 Å². The summed E-state index contributed by atoms with van der Waals surface area (Å²) < 4.78 is 7.48. The first-order valence-corrected chi connectivity index (χ1v) is 9.83. The largest absolute Gasteiger partial charge is 0.478 e. The van der Waals surface area contributed by atoms with E-state index in [2.05, 4.69) is 15.4 Å². The molecule has 1 aromatic carbocycles. The number of nitrogens with one attached hydrogen (secondary N) is 1. The minimum Gasteiger partial charge on any atom is -0.478 e. The molecule has 0 unspecified atom stereocenters. The second kappa shape index (κ2) is 10.1. The Labute approximate surface area is 182 Å². The van der Waals surface area contributed by atoms with Crippen molar-refractivity contribution in [3.8, 4) is 22.8 Å². The summed E-state index contributed by atoms with van der Waals surface area (Å²) in [6.45, 7) is 0.0851. The van der Waals surface area contributed by atoms with Gasteiger partial charge in [-0.3, -0.25) is 14.6 Å². The maximum absolute atomic E-state index is 11.7. The number of nitrogens with two attached hydrogens (primary N) is 1. The van der Waals surface area contributed by atoms with Crippen LogP contribution in [0.3, 0.4) is 0 Å². The van der Waals surface area contributed by atoms with Crippen LogP contribution in [0.25, 0.3) is 16.9 Å². The molecule has 3 aromatic rings. The van der Waals surface area contributed by atoms with Gasteiger partial charge in [0.05, 0.1) is 34.6 Å². The van der Waals surface area contributed by atoms with E-state index in [-0.39, 0.29) is 25.5 Å². The van der Waals surface area contributed by atoms with Crippen LogP contribution in [0.15, 0.2) is 48.8 Å². The molecule has 0 aliphatic heterocycles. The zero-order valence-corrected chi connectivity index (χ0v) is 17.4. The Morgan fingerprint density at radius 2 is 2.00 bits per heavy atom. The highest BCUT2D eigenvalue weighted by Crippen LogP contribution is 2.29. The summed E-state index contributed by atoms with van der Waals surface area (Å²) in [6.07, 6.45) is 4.03. The van der Waals surface area contributed by atoms with E-state index >= 15 is 0 Å². The Hall–Kier alpha value is -3.10. The standard InChI is InChI=1S/C20H19Cl2N5O3/c21-15-6-5-14(9-16(15)22)27-20(10-17(26-27)13-3-1-7-24-11-13)30-8-2-4-19(29)25-12-18(23)28/h1,3,5-7,9-11H,2,4,8,12H2,(H2,23,28)(H,25,29). The van der Waals surface area contributed by atoms with Crippen molar-refractivity contribution in [1.29, 1.82) is 0 Å². The summed E-state index contributed by atoms with van der Waals surface area (Å²) in [4.78, 5) is 26.5. The number of hydrogen-bond donors (Lipinski definition) is 2. The lowest BCUT2D eigenvalue weighted by Crippen LogP contribution is -2.33. The maximum atomic E-state index is 11.7. The Morgan fingerprint density at radius 1 is 1.17 bits per heavy atom. The molecule has 0 atom stereocenters. The van der Waals surface area contributed by atoms with Gasteiger partial charge in [0, 0.05) is 30.4 Å². The van der Waals surface area contributed by atoms with Crippen molar-refractivity contribution in [3.63, 3.8) is 0 Å². The van der Waals surface area contributed by atoms with E-state index < -0.39 is 5.91 Å². The number of benzene rings is 1. The number of ether oxygens (including phenoxy) is 1. The van der Waals surface area contributed by atoms with Crippen LogP contribution in [0.5, 0.6) is 5.88 Å². The zero-order chi connectivity index (χ0) is 21.5. The van der Waals surface area contributed by atoms with Crippen LogP contribution < -0.4 is 15.8 Å². The maximum Gasteiger partial charge on any atom is 0.236 e. The number of primary amides is 1. The van der Waals surface area contributed by atoms with Gasteiger partial charge in [-0.1, -0.05) is 23.2 Å². The van der Waals surface area contributed by atoms with E-state index in [1.807, 2.05) is 12.1 Å². The molecule has 2 aromatic heterocycles. The van der Waals surface area contributed by atoms with Gasteiger partial charge >= 0.3 is 0 Å². The summed E-state index contributed by atoms with van der Waals surface area (Å²) >= 11 is 12.2. The Bertz CT molecular complexity index is 1040.